The summed E-state index contributed by atoms with van der Waals surface area (Å²) in [6, 6.07) is 13.7. The van der Waals surface area contributed by atoms with Crippen molar-refractivity contribution >= 4 is 17.5 Å². The number of hydrogen-bond acceptors (Lipinski definition) is 2. The minimum absolute atomic E-state index is 0.0765. The third-order valence-electron chi connectivity index (χ3n) is 3.90. The van der Waals surface area contributed by atoms with Crippen molar-refractivity contribution in [2.24, 2.45) is 0 Å². The number of halogens is 1. The second-order valence-corrected chi connectivity index (χ2v) is 6.39. The van der Waals surface area contributed by atoms with Crippen molar-refractivity contribution in [3.05, 3.63) is 64.2 Å². The van der Waals surface area contributed by atoms with Crippen LogP contribution in [0, 0.1) is 13.8 Å². The number of ether oxygens (including phenoxy) is 1. The lowest BCUT2D eigenvalue weighted by atomic mass is 10.1. The maximum Gasteiger partial charge on any atom is 0.261 e. The number of aryl methyl sites for hydroxylation is 2. The number of carbonyl (C=O) groups excluding carboxylic acids is 1. The standard InChI is InChI=1S/C20H24ClNO2/c1-4-18(24-19-13-14(2)5-6-15(19)3)20(23)22-12-11-16-7-9-17(21)10-8-16/h5-10,13,18H,4,11-12H2,1-3H3,(H,22,23)/t18-/m0/s1. The van der Waals surface area contributed by atoms with E-state index < -0.39 is 6.10 Å². The summed E-state index contributed by atoms with van der Waals surface area (Å²) in [6.45, 7) is 6.53. The molecule has 0 spiro atoms. The zero-order chi connectivity index (χ0) is 17.5. The lowest BCUT2D eigenvalue weighted by Crippen LogP contribution is -2.39. The summed E-state index contributed by atoms with van der Waals surface area (Å²) in [5.41, 5.74) is 3.30. The molecule has 0 aromatic heterocycles. The van der Waals surface area contributed by atoms with Crippen LogP contribution >= 0.6 is 11.6 Å². The number of hydrogen-bond donors (Lipinski definition) is 1. The van der Waals surface area contributed by atoms with E-state index in [1.165, 1.54) is 0 Å². The van der Waals surface area contributed by atoms with Gasteiger partial charge >= 0.3 is 0 Å². The van der Waals surface area contributed by atoms with Crippen LogP contribution in [-0.2, 0) is 11.2 Å². The van der Waals surface area contributed by atoms with Crippen LogP contribution in [0.1, 0.15) is 30.0 Å². The Hall–Kier alpha value is -2.00. The molecule has 0 aliphatic rings. The molecule has 0 heterocycles. The lowest BCUT2D eigenvalue weighted by Gasteiger charge is -2.19. The molecule has 0 bridgehead atoms. The maximum atomic E-state index is 12.4. The van der Waals surface area contributed by atoms with E-state index in [1.807, 2.05) is 63.2 Å². The molecule has 0 fully saturated rings. The first-order valence-corrected chi connectivity index (χ1v) is 8.63. The molecule has 2 aromatic carbocycles. The van der Waals surface area contributed by atoms with E-state index in [4.69, 9.17) is 16.3 Å². The number of nitrogens with one attached hydrogen (secondary N) is 1. The van der Waals surface area contributed by atoms with E-state index >= 15 is 0 Å². The van der Waals surface area contributed by atoms with Crippen LogP contribution in [-0.4, -0.2) is 18.6 Å². The van der Waals surface area contributed by atoms with Crippen molar-refractivity contribution in [2.75, 3.05) is 6.54 Å². The highest BCUT2D eigenvalue weighted by Gasteiger charge is 2.18. The topological polar surface area (TPSA) is 38.3 Å². The largest absolute Gasteiger partial charge is 0.480 e. The van der Waals surface area contributed by atoms with Crippen LogP contribution in [0.25, 0.3) is 0 Å². The molecule has 0 aliphatic heterocycles. The molecule has 4 heteroatoms. The van der Waals surface area contributed by atoms with E-state index in [9.17, 15) is 4.79 Å². The molecule has 2 rings (SSSR count). The first-order valence-electron chi connectivity index (χ1n) is 8.25. The summed E-state index contributed by atoms with van der Waals surface area (Å²) in [5, 5.41) is 3.67. The average Bonchev–Trinajstić information content (AvgIpc) is 2.57. The summed E-state index contributed by atoms with van der Waals surface area (Å²) >= 11 is 5.87. The molecule has 24 heavy (non-hydrogen) atoms. The third-order valence-corrected chi connectivity index (χ3v) is 4.15. The molecule has 0 saturated heterocycles. The van der Waals surface area contributed by atoms with Gasteiger partial charge in [-0.2, -0.15) is 0 Å². The van der Waals surface area contributed by atoms with Gasteiger partial charge in [0, 0.05) is 11.6 Å². The second-order valence-electron chi connectivity index (χ2n) is 5.95. The zero-order valence-corrected chi connectivity index (χ0v) is 15.2. The van der Waals surface area contributed by atoms with Gasteiger partial charge in [0.15, 0.2) is 6.10 Å². The summed E-state index contributed by atoms with van der Waals surface area (Å²) < 4.78 is 5.93. The van der Waals surface area contributed by atoms with E-state index in [0.717, 1.165) is 33.9 Å². The molecule has 3 nitrogen and oxygen atoms in total. The summed E-state index contributed by atoms with van der Waals surface area (Å²) in [7, 11) is 0. The number of rotatable bonds is 7. The molecule has 1 N–H and O–H groups in total. The fourth-order valence-corrected chi connectivity index (χ4v) is 2.53. The molecular weight excluding hydrogens is 322 g/mol. The van der Waals surface area contributed by atoms with Crippen molar-refractivity contribution in [1.29, 1.82) is 0 Å². The molecule has 128 valence electrons. The Labute approximate surface area is 149 Å². The van der Waals surface area contributed by atoms with Gasteiger partial charge in [-0.3, -0.25) is 4.79 Å². The highest BCUT2D eigenvalue weighted by Crippen LogP contribution is 2.21. The van der Waals surface area contributed by atoms with Gasteiger partial charge in [0.25, 0.3) is 5.91 Å². The fourth-order valence-electron chi connectivity index (χ4n) is 2.40. The minimum atomic E-state index is -0.476. The summed E-state index contributed by atoms with van der Waals surface area (Å²) in [5.74, 6) is 0.696. The van der Waals surface area contributed by atoms with E-state index in [0.29, 0.717) is 13.0 Å². The van der Waals surface area contributed by atoms with Gasteiger partial charge in [-0.15, -0.1) is 0 Å². The Morgan fingerprint density at radius 1 is 1.17 bits per heavy atom. The van der Waals surface area contributed by atoms with Crippen molar-refractivity contribution in [3.63, 3.8) is 0 Å². The minimum Gasteiger partial charge on any atom is -0.480 e. The first-order chi connectivity index (χ1) is 11.5. The van der Waals surface area contributed by atoms with E-state index in [1.54, 1.807) is 0 Å². The Kier molecular flexibility index (Phi) is 6.68. The van der Waals surface area contributed by atoms with E-state index in [-0.39, 0.29) is 5.91 Å². The Morgan fingerprint density at radius 3 is 2.54 bits per heavy atom. The lowest BCUT2D eigenvalue weighted by molar-refractivity contribution is -0.128. The van der Waals surface area contributed by atoms with Crippen LogP contribution in [0.5, 0.6) is 5.75 Å². The quantitative estimate of drug-likeness (QED) is 0.803. The van der Waals surface area contributed by atoms with Gasteiger partial charge in [0.1, 0.15) is 5.75 Å². The Bertz CT molecular complexity index is 683. The molecule has 0 radical (unpaired) electrons. The number of carbonyl (C=O) groups is 1. The number of benzene rings is 2. The van der Waals surface area contributed by atoms with Gasteiger partial charge in [0.05, 0.1) is 0 Å². The van der Waals surface area contributed by atoms with Crippen LogP contribution in [0.15, 0.2) is 42.5 Å². The molecule has 2 aromatic rings. The monoisotopic (exact) mass is 345 g/mol. The summed E-state index contributed by atoms with van der Waals surface area (Å²) in [6.07, 6.45) is 0.916. The van der Waals surface area contributed by atoms with Crippen LogP contribution in [0.3, 0.4) is 0 Å². The van der Waals surface area contributed by atoms with Crippen LogP contribution in [0.4, 0.5) is 0 Å². The van der Waals surface area contributed by atoms with Gasteiger partial charge in [-0.05, 0) is 61.6 Å². The molecule has 0 saturated carbocycles. The van der Waals surface area contributed by atoms with Gasteiger partial charge < -0.3 is 10.1 Å². The SMILES string of the molecule is CC[C@H](Oc1cc(C)ccc1C)C(=O)NCCc1ccc(Cl)cc1. The van der Waals surface area contributed by atoms with Gasteiger partial charge in [-0.1, -0.05) is 42.8 Å². The van der Waals surface area contributed by atoms with Gasteiger partial charge in [0.2, 0.25) is 0 Å². The van der Waals surface area contributed by atoms with Crippen molar-refractivity contribution in [3.8, 4) is 5.75 Å². The highest BCUT2D eigenvalue weighted by atomic mass is 35.5. The van der Waals surface area contributed by atoms with Gasteiger partial charge in [-0.25, -0.2) is 0 Å². The predicted octanol–water partition coefficient (Wildman–Crippen LogP) is 4.47. The predicted molar refractivity (Wildman–Crippen MR) is 98.8 cm³/mol. The number of amides is 1. The first kappa shape index (κ1) is 18.3. The highest BCUT2D eigenvalue weighted by molar-refractivity contribution is 6.30. The molecule has 1 atom stereocenters. The normalized spacial score (nSPS) is 11.8. The zero-order valence-electron chi connectivity index (χ0n) is 14.4. The molecule has 0 aliphatic carbocycles. The van der Waals surface area contributed by atoms with Crippen molar-refractivity contribution < 1.29 is 9.53 Å². The van der Waals surface area contributed by atoms with Crippen molar-refractivity contribution in [2.45, 2.75) is 39.7 Å². The molecular formula is C20H24ClNO2. The smallest absolute Gasteiger partial charge is 0.261 e. The van der Waals surface area contributed by atoms with Crippen molar-refractivity contribution in [1.82, 2.24) is 5.32 Å². The molecule has 1 amide bonds. The summed E-state index contributed by atoms with van der Waals surface area (Å²) in [4.78, 5) is 12.4. The fraction of sp³-hybridized carbons (Fsp3) is 0.350. The Balaban J connectivity index is 1.89. The molecule has 0 unspecified atom stereocenters. The van der Waals surface area contributed by atoms with Crippen LogP contribution < -0.4 is 10.1 Å². The Morgan fingerprint density at radius 2 is 1.88 bits per heavy atom. The average molecular weight is 346 g/mol. The third kappa shape index (κ3) is 5.27. The maximum absolute atomic E-state index is 12.4. The van der Waals surface area contributed by atoms with Crippen LogP contribution in [0.2, 0.25) is 5.02 Å². The second kappa shape index (κ2) is 8.74. The van der Waals surface area contributed by atoms with E-state index in [2.05, 4.69) is 5.32 Å².